The Morgan fingerprint density at radius 3 is 2.81 bits per heavy atom. The summed E-state index contributed by atoms with van der Waals surface area (Å²) in [4.78, 5) is 8.47. The Morgan fingerprint density at radius 2 is 2.10 bits per heavy atom. The van der Waals surface area contributed by atoms with E-state index in [2.05, 4.69) is 20.0 Å². The zero-order valence-corrected chi connectivity index (χ0v) is 17.3. The quantitative estimate of drug-likeness (QED) is 0.382. The summed E-state index contributed by atoms with van der Waals surface area (Å²) in [6.45, 7) is 2.27. The molecule has 0 saturated carbocycles. The van der Waals surface area contributed by atoms with Crippen LogP contribution in [0.15, 0.2) is 30.5 Å². The molecule has 8 nitrogen and oxygen atoms in total. The number of aromatic nitrogens is 2. The molecule has 2 aromatic carbocycles. The van der Waals surface area contributed by atoms with Crippen molar-refractivity contribution in [2.24, 2.45) is 0 Å². The Balaban J connectivity index is 1.93. The predicted molar refractivity (Wildman–Crippen MR) is 110 cm³/mol. The molecule has 3 aromatic rings. The van der Waals surface area contributed by atoms with Gasteiger partial charge in [0.1, 0.15) is 28.7 Å². The van der Waals surface area contributed by atoms with E-state index in [1.807, 2.05) is 6.07 Å². The van der Waals surface area contributed by atoms with E-state index in [1.54, 1.807) is 13.0 Å². The molecule has 11 heteroatoms. The van der Waals surface area contributed by atoms with Gasteiger partial charge in [-0.1, -0.05) is 6.07 Å². The van der Waals surface area contributed by atoms with Crippen LogP contribution in [0.5, 0.6) is 5.88 Å². The van der Waals surface area contributed by atoms with Gasteiger partial charge in [-0.2, -0.15) is 5.26 Å². The molecule has 0 aliphatic heterocycles. The number of fused-ring (bicyclic) bond motifs is 1. The first kappa shape index (κ1) is 22.5. The van der Waals surface area contributed by atoms with Gasteiger partial charge in [0.25, 0.3) is 0 Å². The average Bonchev–Trinajstić information content (AvgIpc) is 2.75. The molecule has 0 saturated heterocycles. The largest absolute Gasteiger partial charge is 0.760 e. The van der Waals surface area contributed by atoms with Gasteiger partial charge in [-0.15, -0.1) is 0 Å². The zero-order valence-electron chi connectivity index (χ0n) is 16.4. The summed E-state index contributed by atoms with van der Waals surface area (Å²) in [5.41, 5.74) is 0.701. The van der Waals surface area contributed by atoms with Crippen molar-refractivity contribution < 1.29 is 22.3 Å². The molecule has 0 fully saturated rings. The SMILES string of the molecule is CCOc1cnc2ccc(Nc3c(F)ccc(CCCNS(=O)[O-])c3F)c(C#N)c2n1. The summed E-state index contributed by atoms with van der Waals surface area (Å²) in [5, 5.41) is 12.3. The molecule has 162 valence electrons. The number of hydrogen-bond donors (Lipinski definition) is 2. The Kier molecular flexibility index (Phi) is 7.41. The van der Waals surface area contributed by atoms with Gasteiger partial charge >= 0.3 is 0 Å². The topological polar surface area (TPSA) is 123 Å². The number of aryl methyl sites for hydroxylation is 1. The number of nitrogens with one attached hydrogen (secondary N) is 2. The lowest BCUT2D eigenvalue weighted by Gasteiger charge is -2.14. The van der Waals surface area contributed by atoms with Gasteiger partial charge in [0.15, 0.2) is 5.82 Å². The molecule has 1 aromatic heterocycles. The van der Waals surface area contributed by atoms with Gasteiger partial charge in [-0.05, 0) is 43.5 Å². The van der Waals surface area contributed by atoms with Crippen LogP contribution in [0, 0.1) is 23.0 Å². The zero-order chi connectivity index (χ0) is 22.4. The van der Waals surface area contributed by atoms with Crippen LogP contribution in [0.25, 0.3) is 11.0 Å². The minimum Gasteiger partial charge on any atom is -0.760 e. The smallest absolute Gasteiger partial charge is 0.232 e. The van der Waals surface area contributed by atoms with E-state index in [4.69, 9.17) is 4.74 Å². The fraction of sp³-hybridized carbons (Fsp3) is 0.250. The van der Waals surface area contributed by atoms with Crippen molar-refractivity contribution in [1.82, 2.24) is 14.7 Å². The number of nitrogens with zero attached hydrogens (tertiary/aromatic N) is 3. The van der Waals surface area contributed by atoms with Gasteiger partial charge in [0.2, 0.25) is 5.88 Å². The third-order valence-electron chi connectivity index (χ3n) is 4.37. The van der Waals surface area contributed by atoms with E-state index in [9.17, 15) is 22.8 Å². The molecule has 0 radical (unpaired) electrons. The molecule has 0 aliphatic rings. The van der Waals surface area contributed by atoms with Crippen molar-refractivity contribution in [3.8, 4) is 11.9 Å². The van der Waals surface area contributed by atoms with Gasteiger partial charge < -0.3 is 14.6 Å². The number of rotatable bonds is 9. The molecule has 3 rings (SSSR count). The van der Waals surface area contributed by atoms with Crippen molar-refractivity contribution in [2.75, 3.05) is 18.5 Å². The standard InChI is InChI=1S/C20H19F2N5O3S/c1-2-30-17-11-24-16-8-7-15(13(10-23)19(16)27-17)26-20-14(21)6-5-12(18(20)22)4-3-9-25-31(28)29/h5-8,11,25-26H,2-4,9H2,1H3,(H,28,29)/p-1. The molecule has 1 heterocycles. The van der Waals surface area contributed by atoms with Crippen LogP contribution in [0.2, 0.25) is 0 Å². The number of nitriles is 1. The second kappa shape index (κ2) is 10.2. The number of halogens is 2. The molecule has 0 aliphatic carbocycles. The maximum Gasteiger partial charge on any atom is 0.232 e. The normalized spacial score (nSPS) is 11.8. The summed E-state index contributed by atoms with van der Waals surface area (Å²) in [6, 6.07) is 7.49. The van der Waals surface area contributed by atoms with E-state index in [1.165, 1.54) is 18.3 Å². The van der Waals surface area contributed by atoms with Crippen molar-refractivity contribution in [1.29, 1.82) is 5.26 Å². The van der Waals surface area contributed by atoms with Crippen LogP contribution < -0.4 is 14.8 Å². The first-order valence-corrected chi connectivity index (χ1v) is 10.4. The maximum absolute atomic E-state index is 14.9. The lowest BCUT2D eigenvalue weighted by Crippen LogP contribution is -2.18. The summed E-state index contributed by atoms with van der Waals surface area (Å²) < 4.78 is 57.9. The molecule has 0 bridgehead atoms. The first-order valence-electron chi connectivity index (χ1n) is 9.34. The number of ether oxygens (including phenoxy) is 1. The van der Waals surface area contributed by atoms with Crippen molar-refractivity contribution in [3.63, 3.8) is 0 Å². The van der Waals surface area contributed by atoms with E-state index in [-0.39, 0.29) is 41.2 Å². The van der Waals surface area contributed by atoms with Gasteiger partial charge in [0, 0.05) is 17.8 Å². The third kappa shape index (κ3) is 5.29. The second-order valence-corrected chi connectivity index (χ2v) is 7.12. The molecule has 0 amide bonds. The van der Waals surface area contributed by atoms with Crippen LogP contribution in [0.1, 0.15) is 24.5 Å². The van der Waals surface area contributed by atoms with Crippen LogP contribution in [-0.4, -0.2) is 31.9 Å². The van der Waals surface area contributed by atoms with Crippen molar-refractivity contribution in [2.45, 2.75) is 19.8 Å². The molecule has 2 N–H and O–H groups in total. The van der Waals surface area contributed by atoms with E-state index >= 15 is 0 Å². The third-order valence-corrected chi connectivity index (χ3v) is 4.81. The number of benzene rings is 2. The molecule has 0 spiro atoms. The molecule has 1 unspecified atom stereocenters. The highest BCUT2D eigenvalue weighted by atomic mass is 32.2. The monoisotopic (exact) mass is 446 g/mol. The molecule has 31 heavy (non-hydrogen) atoms. The van der Waals surface area contributed by atoms with Crippen LogP contribution in [-0.2, 0) is 17.7 Å². The molecule has 1 atom stereocenters. The lowest BCUT2D eigenvalue weighted by molar-refractivity contribution is 0.326. The van der Waals surface area contributed by atoms with Gasteiger partial charge in [-0.3, -0.25) is 4.21 Å². The highest BCUT2D eigenvalue weighted by molar-refractivity contribution is 7.77. The molecular formula is C20H18F2N5O3S-. The number of anilines is 2. The van der Waals surface area contributed by atoms with E-state index in [0.29, 0.717) is 18.5 Å². The van der Waals surface area contributed by atoms with Gasteiger partial charge in [-0.25, -0.2) is 23.5 Å². The summed E-state index contributed by atoms with van der Waals surface area (Å²) in [6.07, 6.45) is 1.95. The fourth-order valence-corrected chi connectivity index (χ4v) is 3.28. The minimum absolute atomic E-state index is 0.0675. The van der Waals surface area contributed by atoms with Crippen LogP contribution in [0.4, 0.5) is 20.2 Å². The fourth-order valence-electron chi connectivity index (χ4n) is 2.97. The number of hydrogen-bond acceptors (Lipinski definition) is 7. The van der Waals surface area contributed by atoms with E-state index in [0.717, 1.165) is 6.07 Å². The average molecular weight is 446 g/mol. The summed E-state index contributed by atoms with van der Waals surface area (Å²) in [5.74, 6) is -1.42. The highest BCUT2D eigenvalue weighted by Crippen LogP contribution is 2.31. The Bertz CT molecular complexity index is 1170. The van der Waals surface area contributed by atoms with Gasteiger partial charge in [0.05, 0.1) is 24.0 Å². The van der Waals surface area contributed by atoms with Crippen molar-refractivity contribution >= 4 is 33.7 Å². The summed E-state index contributed by atoms with van der Waals surface area (Å²) in [7, 11) is 0. The Morgan fingerprint density at radius 1 is 1.29 bits per heavy atom. The predicted octanol–water partition coefficient (Wildman–Crippen LogP) is 3.24. The highest BCUT2D eigenvalue weighted by Gasteiger charge is 2.17. The van der Waals surface area contributed by atoms with E-state index < -0.39 is 28.6 Å². The maximum atomic E-state index is 14.9. The Hall–Kier alpha value is -3.20. The lowest BCUT2D eigenvalue weighted by atomic mass is 10.1. The first-order chi connectivity index (χ1) is 14.9. The summed E-state index contributed by atoms with van der Waals surface area (Å²) >= 11 is -2.40. The van der Waals surface area contributed by atoms with Crippen molar-refractivity contribution in [3.05, 3.63) is 53.2 Å². The molecular weight excluding hydrogens is 428 g/mol. The van der Waals surface area contributed by atoms with Crippen LogP contribution in [0.3, 0.4) is 0 Å². The Labute approximate surface area is 179 Å². The second-order valence-electron chi connectivity index (χ2n) is 6.36. The van der Waals surface area contributed by atoms with Crippen LogP contribution >= 0.6 is 0 Å². The minimum atomic E-state index is -2.40.